The molecule has 2 rings (SSSR count). The predicted octanol–water partition coefficient (Wildman–Crippen LogP) is 1.39. The smallest absolute Gasteiger partial charge is 0.306 e. The molecule has 1 aromatic rings. The quantitative estimate of drug-likeness (QED) is 0.659. The van der Waals surface area contributed by atoms with E-state index >= 15 is 0 Å². The number of carbonyl (C=O) groups is 1. The van der Waals surface area contributed by atoms with Crippen molar-refractivity contribution in [3.63, 3.8) is 0 Å². The van der Waals surface area contributed by atoms with Gasteiger partial charge in [-0.05, 0) is 25.3 Å². The lowest BCUT2D eigenvalue weighted by molar-refractivity contribution is -0.387. The Morgan fingerprint density at radius 3 is 2.45 bits per heavy atom. The molecule has 0 saturated carbocycles. The van der Waals surface area contributed by atoms with E-state index in [1.165, 1.54) is 19.1 Å². The molecule has 0 unspecified atom stereocenters. The molecule has 1 aliphatic rings. The van der Waals surface area contributed by atoms with Crippen LogP contribution in [0.25, 0.3) is 0 Å². The molecule has 1 aromatic carbocycles. The summed E-state index contributed by atoms with van der Waals surface area (Å²) < 4.78 is 26.5. The number of carboxylic acid groups (broad SMARTS) is 1. The van der Waals surface area contributed by atoms with Gasteiger partial charge in [0.25, 0.3) is 5.69 Å². The Hall–Kier alpha value is -2.00. The summed E-state index contributed by atoms with van der Waals surface area (Å²) in [5.74, 6) is -1.52. The highest BCUT2D eigenvalue weighted by molar-refractivity contribution is 7.89. The molecule has 0 aromatic heterocycles. The maximum atomic E-state index is 12.7. The number of hydrogen-bond donors (Lipinski definition) is 1. The average Bonchev–Trinajstić information content (AvgIpc) is 2.46. The molecule has 22 heavy (non-hydrogen) atoms. The highest BCUT2D eigenvalue weighted by Crippen LogP contribution is 2.31. The molecule has 1 aliphatic heterocycles. The Morgan fingerprint density at radius 1 is 1.36 bits per heavy atom. The first kappa shape index (κ1) is 16.4. The normalized spacial score (nSPS) is 17.3. The maximum absolute atomic E-state index is 12.7. The van der Waals surface area contributed by atoms with Gasteiger partial charge in [0.2, 0.25) is 10.0 Å². The lowest BCUT2D eigenvalue weighted by Gasteiger charge is -2.29. The summed E-state index contributed by atoms with van der Waals surface area (Å²) in [7, 11) is -4.02. The standard InChI is InChI=1S/C13H16N2O6S/c1-9-3-2-4-11(15(18)19)12(9)22(20,21)14-7-5-10(6-8-14)13(16)17/h2-4,10H,5-8H2,1H3,(H,16,17). The topological polar surface area (TPSA) is 118 Å². The zero-order valence-corrected chi connectivity index (χ0v) is 12.7. The number of nitro groups is 1. The zero-order chi connectivity index (χ0) is 16.5. The number of carboxylic acids is 1. The van der Waals surface area contributed by atoms with Gasteiger partial charge in [0.15, 0.2) is 4.90 Å². The second-order valence-electron chi connectivity index (χ2n) is 5.20. The van der Waals surface area contributed by atoms with Gasteiger partial charge in [-0.25, -0.2) is 8.42 Å². The third-order valence-electron chi connectivity index (χ3n) is 3.79. The van der Waals surface area contributed by atoms with Gasteiger partial charge in [0.1, 0.15) is 0 Å². The molecule has 9 heteroatoms. The van der Waals surface area contributed by atoms with Crippen LogP contribution in [0.3, 0.4) is 0 Å². The van der Waals surface area contributed by atoms with Crippen LogP contribution in [0.2, 0.25) is 0 Å². The van der Waals surface area contributed by atoms with E-state index < -0.39 is 32.5 Å². The van der Waals surface area contributed by atoms with E-state index in [1.807, 2.05) is 0 Å². The van der Waals surface area contributed by atoms with Crippen molar-refractivity contribution in [2.24, 2.45) is 5.92 Å². The van der Waals surface area contributed by atoms with Gasteiger partial charge in [-0.3, -0.25) is 14.9 Å². The first-order valence-electron chi connectivity index (χ1n) is 6.72. The van der Waals surface area contributed by atoms with Crippen LogP contribution >= 0.6 is 0 Å². The Morgan fingerprint density at radius 2 is 1.95 bits per heavy atom. The van der Waals surface area contributed by atoms with Crippen LogP contribution in [0.1, 0.15) is 18.4 Å². The zero-order valence-electron chi connectivity index (χ0n) is 11.9. The van der Waals surface area contributed by atoms with Crippen LogP contribution in [0.15, 0.2) is 23.1 Å². The number of aryl methyl sites for hydroxylation is 1. The monoisotopic (exact) mass is 328 g/mol. The molecule has 0 amide bonds. The van der Waals surface area contributed by atoms with Crippen molar-refractivity contribution in [2.45, 2.75) is 24.7 Å². The number of nitrogens with zero attached hydrogens (tertiary/aromatic N) is 2. The molecule has 0 aliphatic carbocycles. The van der Waals surface area contributed by atoms with Crippen molar-refractivity contribution in [3.8, 4) is 0 Å². The van der Waals surface area contributed by atoms with E-state index in [9.17, 15) is 23.3 Å². The first-order chi connectivity index (χ1) is 10.2. The summed E-state index contributed by atoms with van der Waals surface area (Å²) in [6.07, 6.45) is 0.405. The van der Waals surface area contributed by atoms with Crippen molar-refractivity contribution in [1.29, 1.82) is 0 Å². The van der Waals surface area contributed by atoms with E-state index in [0.29, 0.717) is 5.56 Å². The molecule has 8 nitrogen and oxygen atoms in total. The molecule has 0 bridgehead atoms. The molecular formula is C13H16N2O6S. The number of benzene rings is 1. The number of nitro benzene ring substituents is 1. The van der Waals surface area contributed by atoms with Crippen LogP contribution < -0.4 is 0 Å². The Kier molecular flexibility index (Phi) is 4.47. The van der Waals surface area contributed by atoms with Crippen molar-refractivity contribution >= 4 is 21.7 Å². The van der Waals surface area contributed by atoms with E-state index in [2.05, 4.69) is 0 Å². The molecular weight excluding hydrogens is 312 g/mol. The van der Waals surface area contributed by atoms with Crippen LogP contribution in [0.5, 0.6) is 0 Å². The van der Waals surface area contributed by atoms with Gasteiger partial charge in [-0.1, -0.05) is 12.1 Å². The molecule has 1 fully saturated rings. The van der Waals surface area contributed by atoms with Crippen LogP contribution in [-0.2, 0) is 14.8 Å². The van der Waals surface area contributed by atoms with Crippen molar-refractivity contribution in [1.82, 2.24) is 4.31 Å². The SMILES string of the molecule is Cc1cccc([N+](=O)[O-])c1S(=O)(=O)N1CCC(C(=O)O)CC1. The molecule has 0 radical (unpaired) electrons. The molecule has 1 saturated heterocycles. The molecule has 0 atom stereocenters. The fourth-order valence-corrected chi connectivity index (χ4v) is 4.42. The third-order valence-corrected chi connectivity index (χ3v) is 5.88. The average molecular weight is 328 g/mol. The summed E-state index contributed by atoms with van der Waals surface area (Å²) in [6.45, 7) is 1.60. The predicted molar refractivity (Wildman–Crippen MR) is 77.0 cm³/mol. The summed E-state index contributed by atoms with van der Waals surface area (Å²) in [5.41, 5.74) is -0.157. The van der Waals surface area contributed by atoms with E-state index in [0.717, 1.165) is 10.4 Å². The van der Waals surface area contributed by atoms with Crippen LogP contribution in [0.4, 0.5) is 5.69 Å². The minimum atomic E-state index is -4.02. The minimum absolute atomic E-state index is 0.0464. The minimum Gasteiger partial charge on any atom is -0.481 e. The number of sulfonamides is 1. The largest absolute Gasteiger partial charge is 0.481 e. The van der Waals surface area contributed by atoms with Gasteiger partial charge in [-0.15, -0.1) is 0 Å². The highest BCUT2D eigenvalue weighted by Gasteiger charge is 2.36. The Bertz CT molecular complexity index is 707. The van der Waals surface area contributed by atoms with E-state index in [-0.39, 0.29) is 30.8 Å². The third kappa shape index (κ3) is 2.95. The Balaban J connectivity index is 2.37. The summed E-state index contributed by atoms with van der Waals surface area (Å²) in [5, 5.41) is 20.0. The number of piperidine rings is 1. The van der Waals surface area contributed by atoms with Gasteiger partial charge >= 0.3 is 5.97 Å². The molecule has 1 heterocycles. The van der Waals surface area contributed by atoms with E-state index in [4.69, 9.17) is 5.11 Å². The Labute approximate surface area is 127 Å². The van der Waals surface area contributed by atoms with Crippen LogP contribution in [0, 0.1) is 23.0 Å². The molecule has 0 spiro atoms. The van der Waals surface area contributed by atoms with Gasteiger partial charge in [0.05, 0.1) is 10.8 Å². The molecule has 1 N–H and O–H groups in total. The number of aliphatic carboxylic acids is 1. The summed E-state index contributed by atoms with van der Waals surface area (Å²) in [4.78, 5) is 21.0. The van der Waals surface area contributed by atoms with Crippen molar-refractivity contribution in [2.75, 3.05) is 13.1 Å². The summed E-state index contributed by atoms with van der Waals surface area (Å²) in [6, 6.07) is 4.09. The fourth-order valence-electron chi connectivity index (χ4n) is 2.59. The van der Waals surface area contributed by atoms with E-state index in [1.54, 1.807) is 0 Å². The lowest BCUT2D eigenvalue weighted by atomic mass is 9.99. The number of rotatable bonds is 4. The second-order valence-corrected chi connectivity index (χ2v) is 7.07. The van der Waals surface area contributed by atoms with Crippen molar-refractivity contribution in [3.05, 3.63) is 33.9 Å². The first-order valence-corrected chi connectivity index (χ1v) is 8.16. The van der Waals surface area contributed by atoms with Gasteiger partial charge in [-0.2, -0.15) is 4.31 Å². The summed E-state index contributed by atoms with van der Waals surface area (Å²) >= 11 is 0. The van der Waals surface area contributed by atoms with Gasteiger partial charge in [0, 0.05) is 19.2 Å². The number of hydrogen-bond acceptors (Lipinski definition) is 5. The second kappa shape index (κ2) is 6.01. The lowest BCUT2D eigenvalue weighted by Crippen LogP contribution is -2.40. The fraction of sp³-hybridized carbons (Fsp3) is 0.462. The molecule has 120 valence electrons. The highest BCUT2D eigenvalue weighted by atomic mass is 32.2. The van der Waals surface area contributed by atoms with Crippen molar-refractivity contribution < 1.29 is 23.2 Å². The van der Waals surface area contributed by atoms with Crippen LogP contribution in [-0.4, -0.2) is 41.8 Å². The maximum Gasteiger partial charge on any atom is 0.306 e. The van der Waals surface area contributed by atoms with Gasteiger partial charge < -0.3 is 5.11 Å².